The van der Waals surface area contributed by atoms with E-state index in [1.54, 1.807) is 0 Å². The second-order valence-corrected chi connectivity index (χ2v) is 4.50. The molecule has 1 aliphatic heterocycles. The van der Waals surface area contributed by atoms with Gasteiger partial charge in [-0.2, -0.15) is 0 Å². The average molecular weight is 234 g/mol. The van der Waals surface area contributed by atoms with E-state index in [0.717, 1.165) is 32.5 Å². The van der Waals surface area contributed by atoms with Crippen molar-refractivity contribution in [2.75, 3.05) is 19.6 Å². The van der Waals surface area contributed by atoms with Crippen molar-refractivity contribution in [3.8, 4) is 0 Å². The number of rotatable bonds is 3. The van der Waals surface area contributed by atoms with Crippen molar-refractivity contribution in [2.24, 2.45) is 5.73 Å². The van der Waals surface area contributed by atoms with Gasteiger partial charge in [-0.1, -0.05) is 23.8 Å². The summed E-state index contributed by atoms with van der Waals surface area (Å²) in [6.07, 6.45) is 4.35. The fraction of sp³-hybridized carbons (Fsp3) is 0.429. The van der Waals surface area contributed by atoms with Crippen LogP contribution in [0.1, 0.15) is 18.4 Å². The lowest BCUT2D eigenvalue weighted by Crippen LogP contribution is -2.30. The summed E-state index contributed by atoms with van der Waals surface area (Å²) in [6, 6.07) is 6.78. The third-order valence-corrected chi connectivity index (χ3v) is 3.22. The lowest BCUT2D eigenvalue weighted by molar-refractivity contribution is 0.248. The van der Waals surface area contributed by atoms with E-state index in [1.165, 1.54) is 23.3 Å². The first-order chi connectivity index (χ1) is 8.28. The zero-order chi connectivity index (χ0) is 12.1. The van der Waals surface area contributed by atoms with Gasteiger partial charge in [-0.15, -0.1) is 0 Å². The Kier molecular flexibility index (Phi) is 4.29. The summed E-state index contributed by atoms with van der Waals surface area (Å²) in [6.45, 7) is 3.70. The summed E-state index contributed by atoms with van der Waals surface area (Å²) in [5, 5.41) is 0. The summed E-state index contributed by atoms with van der Waals surface area (Å²) in [7, 11) is 0. The Morgan fingerprint density at radius 2 is 1.82 bits per heavy atom. The minimum absolute atomic E-state index is 0.166. The SMILES string of the molecule is NCC=C1CCN(Cc2ccc(F)cc2)CC1. The molecule has 92 valence electrons. The lowest BCUT2D eigenvalue weighted by Gasteiger charge is -2.28. The van der Waals surface area contributed by atoms with Crippen molar-refractivity contribution in [1.82, 2.24) is 4.90 Å². The van der Waals surface area contributed by atoms with Crippen molar-refractivity contribution < 1.29 is 4.39 Å². The van der Waals surface area contributed by atoms with Gasteiger partial charge < -0.3 is 5.73 Å². The van der Waals surface area contributed by atoms with Crippen LogP contribution in [0, 0.1) is 5.82 Å². The molecule has 0 radical (unpaired) electrons. The van der Waals surface area contributed by atoms with E-state index < -0.39 is 0 Å². The van der Waals surface area contributed by atoms with Gasteiger partial charge in [-0.3, -0.25) is 4.90 Å². The molecule has 1 fully saturated rings. The van der Waals surface area contributed by atoms with Gasteiger partial charge in [0.05, 0.1) is 0 Å². The van der Waals surface area contributed by atoms with Crippen LogP contribution in [-0.2, 0) is 6.54 Å². The summed E-state index contributed by atoms with van der Waals surface area (Å²) in [4.78, 5) is 2.40. The number of benzene rings is 1. The van der Waals surface area contributed by atoms with Gasteiger partial charge in [0.2, 0.25) is 0 Å². The Balaban J connectivity index is 1.85. The van der Waals surface area contributed by atoms with Crippen molar-refractivity contribution in [1.29, 1.82) is 0 Å². The molecule has 1 aliphatic rings. The van der Waals surface area contributed by atoms with Crippen LogP contribution in [0.5, 0.6) is 0 Å². The summed E-state index contributed by atoms with van der Waals surface area (Å²) >= 11 is 0. The second-order valence-electron chi connectivity index (χ2n) is 4.50. The van der Waals surface area contributed by atoms with Crippen LogP contribution < -0.4 is 5.73 Å². The van der Waals surface area contributed by atoms with Crippen LogP contribution in [0.4, 0.5) is 4.39 Å². The van der Waals surface area contributed by atoms with Gasteiger partial charge in [0, 0.05) is 26.2 Å². The zero-order valence-corrected chi connectivity index (χ0v) is 10.0. The third-order valence-electron chi connectivity index (χ3n) is 3.22. The molecule has 0 amide bonds. The first kappa shape index (κ1) is 12.3. The smallest absolute Gasteiger partial charge is 0.123 e. The fourth-order valence-electron chi connectivity index (χ4n) is 2.22. The van der Waals surface area contributed by atoms with Crippen molar-refractivity contribution in [3.63, 3.8) is 0 Å². The van der Waals surface area contributed by atoms with E-state index in [0.29, 0.717) is 6.54 Å². The molecule has 2 rings (SSSR count). The van der Waals surface area contributed by atoms with E-state index in [4.69, 9.17) is 5.73 Å². The molecule has 0 aromatic heterocycles. The molecule has 2 nitrogen and oxygen atoms in total. The Morgan fingerprint density at radius 3 is 2.41 bits per heavy atom. The van der Waals surface area contributed by atoms with Crippen LogP contribution in [0.3, 0.4) is 0 Å². The maximum atomic E-state index is 12.8. The van der Waals surface area contributed by atoms with Gasteiger partial charge in [-0.25, -0.2) is 4.39 Å². The van der Waals surface area contributed by atoms with Gasteiger partial charge >= 0.3 is 0 Å². The highest BCUT2D eigenvalue weighted by molar-refractivity contribution is 5.16. The molecule has 1 aromatic rings. The minimum Gasteiger partial charge on any atom is -0.327 e. The standard InChI is InChI=1S/C14H19FN2/c15-14-3-1-13(2-4-14)11-17-9-6-12(5-8-16)7-10-17/h1-5H,6-11,16H2. The molecule has 1 saturated heterocycles. The number of nitrogens with two attached hydrogens (primary N) is 1. The molecule has 0 aliphatic carbocycles. The quantitative estimate of drug-likeness (QED) is 0.813. The van der Waals surface area contributed by atoms with Crippen molar-refractivity contribution in [3.05, 3.63) is 47.3 Å². The third kappa shape index (κ3) is 3.65. The number of likely N-dealkylation sites (tertiary alicyclic amines) is 1. The van der Waals surface area contributed by atoms with Gasteiger partial charge in [0.25, 0.3) is 0 Å². The highest BCUT2D eigenvalue weighted by Gasteiger charge is 2.13. The van der Waals surface area contributed by atoms with Crippen LogP contribution in [0.25, 0.3) is 0 Å². The zero-order valence-electron chi connectivity index (χ0n) is 10.0. The van der Waals surface area contributed by atoms with E-state index in [1.807, 2.05) is 12.1 Å². The fourth-order valence-corrected chi connectivity index (χ4v) is 2.22. The minimum atomic E-state index is -0.166. The maximum Gasteiger partial charge on any atom is 0.123 e. The summed E-state index contributed by atoms with van der Waals surface area (Å²) in [5.74, 6) is -0.166. The van der Waals surface area contributed by atoms with Crippen LogP contribution in [-0.4, -0.2) is 24.5 Å². The summed E-state index contributed by atoms with van der Waals surface area (Å²) in [5.41, 5.74) is 8.16. The van der Waals surface area contributed by atoms with Gasteiger partial charge in [0.15, 0.2) is 0 Å². The molecule has 2 N–H and O–H groups in total. The van der Waals surface area contributed by atoms with Crippen LogP contribution in [0.15, 0.2) is 35.9 Å². The molecule has 3 heteroatoms. The number of nitrogens with zero attached hydrogens (tertiary/aromatic N) is 1. The van der Waals surface area contributed by atoms with E-state index >= 15 is 0 Å². The number of piperidine rings is 1. The second kappa shape index (κ2) is 5.94. The number of hydrogen-bond donors (Lipinski definition) is 1. The number of halogens is 1. The molecule has 0 saturated carbocycles. The van der Waals surface area contributed by atoms with E-state index in [9.17, 15) is 4.39 Å². The molecular weight excluding hydrogens is 215 g/mol. The predicted octanol–water partition coefficient (Wildman–Crippen LogP) is 2.31. The topological polar surface area (TPSA) is 29.3 Å². The average Bonchev–Trinajstić information content (AvgIpc) is 2.35. The molecule has 1 aromatic carbocycles. The predicted molar refractivity (Wildman–Crippen MR) is 68.0 cm³/mol. The molecule has 1 heterocycles. The van der Waals surface area contributed by atoms with Crippen LogP contribution >= 0.6 is 0 Å². The first-order valence-corrected chi connectivity index (χ1v) is 6.12. The molecular formula is C14H19FN2. The maximum absolute atomic E-state index is 12.8. The lowest BCUT2D eigenvalue weighted by atomic mass is 10.0. The van der Waals surface area contributed by atoms with Crippen molar-refractivity contribution in [2.45, 2.75) is 19.4 Å². The molecule has 0 atom stereocenters. The highest BCUT2D eigenvalue weighted by atomic mass is 19.1. The Bertz CT molecular complexity index is 374. The Hall–Kier alpha value is -1.19. The normalized spacial score (nSPS) is 17.2. The highest BCUT2D eigenvalue weighted by Crippen LogP contribution is 2.17. The molecule has 0 bridgehead atoms. The first-order valence-electron chi connectivity index (χ1n) is 6.12. The molecule has 0 unspecified atom stereocenters. The van der Waals surface area contributed by atoms with Gasteiger partial charge in [-0.05, 0) is 30.5 Å². The van der Waals surface area contributed by atoms with E-state index in [2.05, 4.69) is 11.0 Å². The summed E-state index contributed by atoms with van der Waals surface area (Å²) < 4.78 is 12.8. The monoisotopic (exact) mass is 234 g/mol. The Morgan fingerprint density at radius 1 is 1.18 bits per heavy atom. The largest absolute Gasteiger partial charge is 0.327 e. The van der Waals surface area contributed by atoms with Crippen molar-refractivity contribution >= 4 is 0 Å². The molecule has 0 spiro atoms. The molecule has 17 heavy (non-hydrogen) atoms. The van der Waals surface area contributed by atoms with Gasteiger partial charge in [0.1, 0.15) is 5.82 Å². The Labute approximate surface area is 102 Å². The number of hydrogen-bond acceptors (Lipinski definition) is 2. The van der Waals surface area contributed by atoms with Crippen LogP contribution in [0.2, 0.25) is 0 Å². The van der Waals surface area contributed by atoms with E-state index in [-0.39, 0.29) is 5.82 Å².